The first-order valence-corrected chi connectivity index (χ1v) is 12.5. The summed E-state index contributed by atoms with van der Waals surface area (Å²) in [5.74, 6) is 0.106. The summed E-state index contributed by atoms with van der Waals surface area (Å²) in [5.41, 5.74) is 1.12. The highest BCUT2D eigenvalue weighted by Crippen LogP contribution is 2.36. The molecule has 10 heteroatoms. The van der Waals surface area contributed by atoms with E-state index in [9.17, 15) is 9.59 Å². The molecule has 0 aliphatic carbocycles. The van der Waals surface area contributed by atoms with Crippen LogP contribution in [0.3, 0.4) is 0 Å². The Morgan fingerprint density at radius 3 is 2.57 bits per heavy atom. The van der Waals surface area contributed by atoms with Gasteiger partial charge in [-0.05, 0) is 45.9 Å². The quantitative estimate of drug-likeness (QED) is 0.414. The molecule has 200 valence electrons. The number of morpholine rings is 1. The van der Waals surface area contributed by atoms with Crippen molar-refractivity contribution in [3.8, 4) is 5.75 Å². The first-order valence-electron chi connectivity index (χ1n) is 12.5. The fourth-order valence-corrected chi connectivity index (χ4v) is 4.42. The smallest absolute Gasteiger partial charge is 0.419 e. The Labute approximate surface area is 216 Å². The average molecular weight is 514 g/mol. The molecule has 1 fully saturated rings. The highest BCUT2D eigenvalue weighted by atomic mass is 16.6. The third kappa shape index (κ3) is 6.03. The van der Waals surface area contributed by atoms with Crippen molar-refractivity contribution >= 4 is 33.9 Å². The van der Waals surface area contributed by atoms with Crippen molar-refractivity contribution < 1.29 is 33.3 Å². The minimum absolute atomic E-state index is 0.105. The lowest BCUT2D eigenvalue weighted by Crippen LogP contribution is -2.38. The number of carbonyl (C=O) groups is 2. The van der Waals surface area contributed by atoms with Crippen LogP contribution in [0, 0.1) is 0 Å². The number of methoxy groups -OCH3 is 1. The third-order valence-corrected chi connectivity index (χ3v) is 5.99. The minimum atomic E-state index is -0.698. The Morgan fingerprint density at radius 1 is 1.14 bits per heavy atom. The summed E-state index contributed by atoms with van der Waals surface area (Å²) in [5, 5.41) is 1.39. The van der Waals surface area contributed by atoms with Gasteiger partial charge in [-0.1, -0.05) is 0 Å². The fraction of sp³-hybridized carbons (Fsp3) is 0.519. The van der Waals surface area contributed by atoms with Crippen molar-refractivity contribution in [3.05, 3.63) is 35.7 Å². The molecule has 0 saturated carbocycles. The van der Waals surface area contributed by atoms with E-state index < -0.39 is 17.7 Å². The number of ether oxygens (including phenoxy) is 5. The second-order valence-corrected chi connectivity index (χ2v) is 9.80. The topological polar surface area (TPSA) is 101 Å². The molecule has 3 aromatic rings. The maximum atomic E-state index is 13.3. The van der Waals surface area contributed by atoms with Crippen LogP contribution in [0.5, 0.6) is 5.75 Å². The Kier molecular flexibility index (Phi) is 8.31. The monoisotopic (exact) mass is 513 g/mol. The van der Waals surface area contributed by atoms with Crippen molar-refractivity contribution in [3.63, 3.8) is 0 Å². The van der Waals surface area contributed by atoms with Gasteiger partial charge in [0.1, 0.15) is 18.0 Å². The minimum Gasteiger partial charge on any atom is -0.492 e. The number of hydrogen-bond donors (Lipinski definition) is 0. The second-order valence-electron chi connectivity index (χ2n) is 9.80. The Morgan fingerprint density at radius 2 is 1.89 bits per heavy atom. The molecule has 0 bridgehead atoms. The SMILES string of the molecule is CCOC(=O)c1ncc2c(c1COC)c1cc(OCCN3CCOCC3)ccc1n2C(=O)OC(C)(C)C. The van der Waals surface area contributed by atoms with Gasteiger partial charge < -0.3 is 23.7 Å². The standard InChI is InChI=1S/C27H35N3O7/c1-6-35-25(31)24-20(17-33-5)23-19-15-18(36-14-11-29-9-12-34-13-10-29)7-8-21(19)30(22(23)16-28-24)26(32)37-27(2,3)4/h7-8,15-16H,6,9-14,17H2,1-5H3. The van der Waals surface area contributed by atoms with Gasteiger partial charge in [0.05, 0.1) is 43.7 Å². The molecule has 0 radical (unpaired) electrons. The van der Waals surface area contributed by atoms with Crippen LogP contribution in [0.25, 0.3) is 21.8 Å². The van der Waals surface area contributed by atoms with Gasteiger partial charge in [-0.3, -0.25) is 4.90 Å². The van der Waals surface area contributed by atoms with E-state index in [1.165, 1.54) is 10.8 Å². The molecule has 4 rings (SSSR count). The molecule has 0 spiro atoms. The molecule has 1 aromatic carbocycles. The molecule has 0 N–H and O–H groups in total. The van der Waals surface area contributed by atoms with E-state index in [1.807, 2.05) is 39.0 Å². The van der Waals surface area contributed by atoms with Crippen LogP contribution < -0.4 is 4.74 Å². The fourth-order valence-electron chi connectivity index (χ4n) is 4.42. The Bertz CT molecular complexity index is 1270. The average Bonchev–Trinajstić information content (AvgIpc) is 3.18. The molecule has 3 heterocycles. The molecule has 0 amide bonds. The van der Waals surface area contributed by atoms with Gasteiger partial charge in [-0.2, -0.15) is 0 Å². The lowest BCUT2D eigenvalue weighted by Gasteiger charge is -2.26. The van der Waals surface area contributed by atoms with Crippen molar-refractivity contribution in [1.29, 1.82) is 0 Å². The lowest BCUT2D eigenvalue weighted by atomic mass is 10.1. The van der Waals surface area contributed by atoms with Gasteiger partial charge in [0.25, 0.3) is 0 Å². The summed E-state index contributed by atoms with van der Waals surface area (Å²) < 4.78 is 29.4. The van der Waals surface area contributed by atoms with Crippen molar-refractivity contribution in [1.82, 2.24) is 14.5 Å². The number of carbonyl (C=O) groups excluding carboxylic acids is 2. The Balaban J connectivity index is 1.81. The molecular weight excluding hydrogens is 478 g/mol. The first-order chi connectivity index (χ1) is 17.7. The van der Waals surface area contributed by atoms with Gasteiger partial charge in [-0.25, -0.2) is 19.1 Å². The van der Waals surface area contributed by atoms with Crippen LogP contribution in [-0.2, 0) is 25.6 Å². The summed E-state index contributed by atoms with van der Waals surface area (Å²) in [6, 6.07) is 5.53. The number of rotatable bonds is 8. The Hall–Kier alpha value is -3.21. The van der Waals surface area contributed by atoms with Crippen LogP contribution in [0.1, 0.15) is 43.7 Å². The molecular formula is C27H35N3O7. The zero-order chi connectivity index (χ0) is 26.6. The van der Waals surface area contributed by atoms with Crippen LogP contribution in [-0.4, -0.2) is 85.3 Å². The number of esters is 1. The normalized spacial score (nSPS) is 14.7. The lowest BCUT2D eigenvalue weighted by molar-refractivity contribution is 0.0322. The van der Waals surface area contributed by atoms with Gasteiger partial charge in [0.15, 0.2) is 5.69 Å². The summed E-state index contributed by atoms with van der Waals surface area (Å²) in [7, 11) is 1.54. The summed E-state index contributed by atoms with van der Waals surface area (Å²) >= 11 is 0. The van der Waals surface area contributed by atoms with Crippen molar-refractivity contribution in [2.75, 3.05) is 53.2 Å². The summed E-state index contributed by atoms with van der Waals surface area (Å²) in [6.07, 6.45) is 0.964. The zero-order valence-electron chi connectivity index (χ0n) is 22.2. The number of benzene rings is 1. The van der Waals surface area contributed by atoms with Gasteiger partial charge in [-0.15, -0.1) is 0 Å². The van der Waals surface area contributed by atoms with E-state index in [4.69, 9.17) is 23.7 Å². The van der Waals surface area contributed by atoms with E-state index >= 15 is 0 Å². The molecule has 1 saturated heterocycles. The number of hydrogen-bond acceptors (Lipinski definition) is 9. The number of aromatic nitrogens is 2. The number of fused-ring (bicyclic) bond motifs is 3. The van der Waals surface area contributed by atoms with Gasteiger partial charge >= 0.3 is 12.1 Å². The van der Waals surface area contributed by atoms with Crippen LogP contribution >= 0.6 is 0 Å². The zero-order valence-corrected chi connectivity index (χ0v) is 22.2. The molecule has 0 atom stereocenters. The molecule has 10 nitrogen and oxygen atoms in total. The maximum Gasteiger partial charge on any atom is 0.419 e. The first kappa shape index (κ1) is 26.8. The largest absolute Gasteiger partial charge is 0.492 e. The molecule has 0 unspecified atom stereocenters. The summed E-state index contributed by atoms with van der Waals surface area (Å²) in [4.78, 5) is 32.7. The highest BCUT2D eigenvalue weighted by molar-refractivity contribution is 6.15. The highest BCUT2D eigenvalue weighted by Gasteiger charge is 2.27. The van der Waals surface area contributed by atoms with Crippen LogP contribution in [0.15, 0.2) is 24.4 Å². The van der Waals surface area contributed by atoms with E-state index in [0.29, 0.717) is 34.3 Å². The number of pyridine rings is 1. The molecule has 37 heavy (non-hydrogen) atoms. The van der Waals surface area contributed by atoms with E-state index in [0.717, 1.165) is 38.2 Å². The summed E-state index contributed by atoms with van der Waals surface area (Å²) in [6.45, 7) is 12.0. The number of nitrogens with zero attached hydrogens (tertiary/aromatic N) is 3. The maximum absolute atomic E-state index is 13.3. The van der Waals surface area contributed by atoms with E-state index in [2.05, 4.69) is 9.88 Å². The second kappa shape index (κ2) is 11.5. The van der Waals surface area contributed by atoms with Crippen molar-refractivity contribution in [2.45, 2.75) is 39.9 Å². The van der Waals surface area contributed by atoms with Gasteiger partial charge in [0, 0.05) is 43.1 Å². The predicted octanol–water partition coefficient (Wildman–Crippen LogP) is 4.01. The van der Waals surface area contributed by atoms with Crippen molar-refractivity contribution in [2.24, 2.45) is 0 Å². The predicted molar refractivity (Wildman–Crippen MR) is 138 cm³/mol. The van der Waals surface area contributed by atoms with Crippen LogP contribution in [0.4, 0.5) is 4.79 Å². The molecule has 2 aromatic heterocycles. The van der Waals surface area contributed by atoms with Crippen LogP contribution in [0.2, 0.25) is 0 Å². The van der Waals surface area contributed by atoms with E-state index in [-0.39, 0.29) is 18.9 Å². The molecule has 1 aliphatic heterocycles. The third-order valence-electron chi connectivity index (χ3n) is 5.99. The van der Waals surface area contributed by atoms with Gasteiger partial charge in [0.2, 0.25) is 0 Å². The van der Waals surface area contributed by atoms with E-state index in [1.54, 1.807) is 14.0 Å². The molecule has 1 aliphatic rings.